The Morgan fingerprint density at radius 2 is 1.88 bits per heavy atom. The van der Waals surface area contributed by atoms with Crippen LogP contribution in [-0.4, -0.2) is 30.3 Å². The van der Waals surface area contributed by atoms with Crippen LogP contribution in [0.1, 0.15) is 42.9 Å². The second-order valence-corrected chi connectivity index (χ2v) is 10.7. The van der Waals surface area contributed by atoms with E-state index in [1.165, 1.54) is 23.7 Å². The number of hydrogen-bond acceptors (Lipinski definition) is 6. The number of amides is 2. The summed E-state index contributed by atoms with van der Waals surface area (Å²) in [4.78, 5) is 34.7. The SMILES string of the molecule is C=C(N)Cc1cccc(-n2nc(C3CCCC3)cc2NC(=O)Nc2cccc(-c3cc4cncnc4n(C)c3=O)c2)c1. The van der Waals surface area contributed by atoms with Crippen LogP contribution in [0.5, 0.6) is 0 Å². The third-order valence-electron chi connectivity index (χ3n) is 7.63. The smallest absolute Gasteiger partial charge is 0.324 e. The van der Waals surface area contributed by atoms with Gasteiger partial charge in [0.2, 0.25) is 0 Å². The van der Waals surface area contributed by atoms with Crippen molar-refractivity contribution in [2.75, 3.05) is 10.6 Å². The first-order valence-electron chi connectivity index (χ1n) is 14.0. The highest BCUT2D eigenvalue weighted by Gasteiger charge is 2.23. The minimum Gasteiger partial charge on any atom is -0.402 e. The van der Waals surface area contributed by atoms with Gasteiger partial charge in [-0.2, -0.15) is 5.10 Å². The molecule has 0 aliphatic heterocycles. The summed E-state index contributed by atoms with van der Waals surface area (Å²) >= 11 is 0. The molecule has 10 nitrogen and oxygen atoms in total. The van der Waals surface area contributed by atoms with Gasteiger partial charge in [0.05, 0.1) is 11.4 Å². The molecule has 0 radical (unpaired) electrons. The molecule has 2 amide bonds. The molecule has 1 aliphatic carbocycles. The number of anilines is 2. The van der Waals surface area contributed by atoms with Gasteiger partial charge in [0.15, 0.2) is 0 Å². The molecule has 2 aromatic carbocycles. The molecular weight excluding hydrogens is 528 g/mol. The van der Waals surface area contributed by atoms with Crippen LogP contribution in [0, 0.1) is 0 Å². The number of pyridine rings is 1. The zero-order chi connectivity index (χ0) is 29.2. The number of hydrogen-bond donors (Lipinski definition) is 3. The monoisotopic (exact) mass is 560 g/mol. The van der Waals surface area contributed by atoms with E-state index in [2.05, 4.69) is 27.2 Å². The number of rotatable bonds is 7. The minimum atomic E-state index is -0.419. The number of carbonyl (C=O) groups is 1. The van der Waals surface area contributed by atoms with Gasteiger partial charge in [0.25, 0.3) is 5.56 Å². The van der Waals surface area contributed by atoms with Crippen molar-refractivity contribution in [1.82, 2.24) is 24.3 Å². The summed E-state index contributed by atoms with van der Waals surface area (Å²) in [7, 11) is 1.68. The number of aromatic nitrogens is 5. The van der Waals surface area contributed by atoms with Gasteiger partial charge in [-0.05, 0) is 54.3 Å². The summed E-state index contributed by atoms with van der Waals surface area (Å²) in [5, 5.41) is 11.6. The van der Waals surface area contributed by atoms with Crippen molar-refractivity contribution in [3.63, 3.8) is 0 Å². The summed E-state index contributed by atoms with van der Waals surface area (Å²) < 4.78 is 3.27. The molecule has 1 saturated carbocycles. The maximum Gasteiger partial charge on any atom is 0.324 e. The van der Waals surface area contributed by atoms with E-state index >= 15 is 0 Å². The number of allylic oxidation sites excluding steroid dienone is 1. The molecule has 4 N–H and O–H groups in total. The van der Waals surface area contributed by atoms with Gasteiger partial charge < -0.3 is 11.1 Å². The van der Waals surface area contributed by atoms with Crippen molar-refractivity contribution in [2.45, 2.75) is 38.0 Å². The molecule has 212 valence electrons. The van der Waals surface area contributed by atoms with Crippen LogP contribution in [0.2, 0.25) is 0 Å². The predicted octanol–water partition coefficient (Wildman–Crippen LogP) is 5.50. The molecule has 0 atom stereocenters. The average molecular weight is 561 g/mol. The van der Waals surface area contributed by atoms with E-state index in [4.69, 9.17) is 10.8 Å². The van der Waals surface area contributed by atoms with Crippen LogP contribution in [0.15, 0.2) is 90.3 Å². The van der Waals surface area contributed by atoms with Gasteiger partial charge >= 0.3 is 6.03 Å². The van der Waals surface area contributed by atoms with Gasteiger partial charge in [0, 0.05) is 54.0 Å². The molecular formula is C32H32N8O2. The Labute approximate surface area is 242 Å². The molecule has 1 fully saturated rings. The number of urea groups is 1. The van der Waals surface area contributed by atoms with Crippen LogP contribution in [0.25, 0.3) is 27.8 Å². The molecule has 3 heterocycles. The summed E-state index contributed by atoms with van der Waals surface area (Å²) in [6.45, 7) is 3.82. The first-order valence-corrected chi connectivity index (χ1v) is 14.0. The van der Waals surface area contributed by atoms with E-state index in [-0.39, 0.29) is 5.56 Å². The third-order valence-corrected chi connectivity index (χ3v) is 7.63. The molecule has 1 aliphatic rings. The second-order valence-electron chi connectivity index (χ2n) is 10.7. The maximum atomic E-state index is 13.3. The number of nitrogens with one attached hydrogen (secondary N) is 2. The normalized spacial score (nSPS) is 13.4. The molecule has 0 bridgehead atoms. The Morgan fingerprint density at radius 1 is 1.07 bits per heavy atom. The van der Waals surface area contributed by atoms with Gasteiger partial charge in [-0.15, -0.1) is 0 Å². The molecule has 3 aromatic heterocycles. The molecule has 10 heteroatoms. The number of fused-ring (bicyclic) bond motifs is 1. The molecule has 6 rings (SSSR count). The number of nitrogens with two attached hydrogens (primary N) is 1. The zero-order valence-corrected chi connectivity index (χ0v) is 23.4. The largest absolute Gasteiger partial charge is 0.402 e. The Bertz CT molecular complexity index is 1870. The van der Waals surface area contributed by atoms with Crippen LogP contribution in [0.3, 0.4) is 0 Å². The van der Waals surface area contributed by atoms with E-state index in [0.29, 0.717) is 46.3 Å². The van der Waals surface area contributed by atoms with Crippen LogP contribution in [-0.2, 0) is 13.5 Å². The quantitative estimate of drug-likeness (QED) is 0.241. The predicted molar refractivity (Wildman–Crippen MR) is 165 cm³/mol. The summed E-state index contributed by atoms with van der Waals surface area (Å²) in [6, 6.07) is 18.4. The molecule has 0 saturated heterocycles. The molecule has 5 aromatic rings. The van der Waals surface area contributed by atoms with Crippen molar-refractivity contribution in [3.05, 3.63) is 107 Å². The fraction of sp³-hybridized carbons (Fsp3) is 0.219. The lowest BCUT2D eigenvalue weighted by atomic mass is 10.0. The van der Waals surface area contributed by atoms with Crippen molar-refractivity contribution in [2.24, 2.45) is 12.8 Å². The molecule has 0 spiro atoms. The number of aryl methyl sites for hydroxylation is 1. The number of nitrogens with zero attached hydrogens (tertiary/aromatic N) is 5. The van der Waals surface area contributed by atoms with Gasteiger partial charge in [-0.25, -0.2) is 19.4 Å². The van der Waals surface area contributed by atoms with E-state index < -0.39 is 6.03 Å². The third kappa shape index (κ3) is 5.51. The highest BCUT2D eigenvalue weighted by atomic mass is 16.2. The average Bonchev–Trinajstić information content (AvgIpc) is 3.65. The maximum absolute atomic E-state index is 13.3. The lowest BCUT2D eigenvalue weighted by molar-refractivity contribution is 0.262. The lowest BCUT2D eigenvalue weighted by Crippen LogP contribution is -2.22. The zero-order valence-electron chi connectivity index (χ0n) is 23.4. The summed E-state index contributed by atoms with van der Waals surface area (Å²) in [6.07, 6.45) is 8.17. The van der Waals surface area contributed by atoms with Gasteiger partial charge in [-0.1, -0.05) is 43.7 Å². The Balaban J connectivity index is 1.28. The minimum absolute atomic E-state index is 0.188. The fourth-order valence-electron chi connectivity index (χ4n) is 5.63. The van der Waals surface area contributed by atoms with Crippen molar-refractivity contribution in [1.29, 1.82) is 0 Å². The van der Waals surface area contributed by atoms with Crippen molar-refractivity contribution < 1.29 is 4.79 Å². The molecule has 42 heavy (non-hydrogen) atoms. The summed E-state index contributed by atoms with van der Waals surface area (Å²) in [5.41, 5.74) is 11.3. The van der Waals surface area contributed by atoms with Crippen LogP contribution in [0.4, 0.5) is 16.3 Å². The number of benzene rings is 2. The second kappa shape index (κ2) is 11.3. The van der Waals surface area contributed by atoms with E-state index in [9.17, 15) is 9.59 Å². The van der Waals surface area contributed by atoms with E-state index in [1.54, 1.807) is 42.2 Å². The topological polar surface area (TPSA) is 133 Å². The highest BCUT2D eigenvalue weighted by molar-refractivity contribution is 6.00. The van der Waals surface area contributed by atoms with Gasteiger partial charge in [0.1, 0.15) is 17.8 Å². The Hall–Kier alpha value is -5.25. The fourth-order valence-corrected chi connectivity index (χ4v) is 5.63. The first kappa shape index (κ1) is 26.9. The highest BCUT2D eigenvalue weighted by Crippen LogP contribution is 2.35. The number of carbonyl (C=O) groups excluding carboxylic acids is 1. The van der Waals surface area contributed by atoms with Crippen LogP contribution >= 0.6 is 0 Å². The first-order chi connectivity index (χ1) is 20.4. The van der Waals surface area contributed by atoms with Crippen molar-refractivity contribution >= 4 is 28.6 Å². The van der Waals surface area contributed by atoms with E-state index in [1.807, 2.05) is 36.4 Å². The Morgan fingerprint density at radius 3 is 2.69 bits per heavy atom. The van der Waals surface area contributed by atoms with E-state index in [0.717, 1.165) is 35.2 Å². The Kier molecular flexibility index (Phi) is 7.26. The van der Waals surface area contributed by atoms with Crippen LogP contribution < -0.4 is 21.9 Å². The lowest BCUT2D eigenvalue weighted by Gasteiger charge is -2.12. The van der Waals surface area contributed by atoms with Gasteiger partial charge in [-0.3, -0.25) is 14.7 Å². The van der Waals surface area contributed by atoms with Crippen molar-refractivity contribution in [3.8, 4) is 16.8 Å². The molecule has 0 unspecified atom stereocenters. The summed E-state index contributed by atoms with van der Waals surface area (Å²) in [5.74, 6) is 0.936. The standard InChI is InChI=1S/C32H32N8O2/c1-20(33)13-21-7-5-12-26(14-21)40-29(17-28(38-40)22-8-3-4-9-22)37-32(42)36-25-11-6-10-23(15-25)27-16-24-18-34-19-35-30(24)39(2)31(27)41/h5-7,10-12,14-19,22H,1,3-4,8-9,13,33H2,2H3,(H2,36,37,42).